The molecule has 0 spiro atoms. The van der Waals surface area contributed by atoms with Crippen LogP contribution in [0.4, 0.5) is 13.2 Å². The lowest BCUT2D eigenvalue weighted by molar-refractivity contribution is -0.0327. The fourth-order valence-electron chi connectivity index (χ4n) is 1.29. The molecule has 0 saturated heterocycles. The van der Waals surface area contributed by atoms with Crippen molar-refractivity contribution in [2.24, 2.45) is 0 Å². The van der Waals surface area contributed by atoms with Crippen molar-refractivity contribution < 1.29 is 17.9 Å². The van der Waals surface area contributed by atoms with Gasteiger partial charge in [-0.2, -0.15) is 13.2 Å². The number of nitrogens with one attached hydrogen (secondary N) is 1. The molecule has 1 N–H and O–H groups in total. The number of alkyl halides is 3. The van der Waals surface area contributed by atoms with Crippen molar-refractivity contribution in [3.63, 3.8) is 0 Å². The summed E-state index contributed by atoms with van der Waals surface area (Å²) < 4.78 is 41.5. The van der Waals surface area contributed by atoms with Gasteiger partial charge in [0, 0.05) is 18.8 Å². The van der Waals surface area contributed by atoms with Crippen LogP contribution in [0, 0.1) is 0 Å². The van der Waals surface area contributed by atoms with Gasteiger partial charge < -0.3 is 10.1 Å². The van der Waals surface area contributed by atoms with Gasteiger partial charge in [-0.05, 0) is 45.4 Å². The summed E-state index contributed by atoms with van der Waals surface area (Å²) in [5.74, 6) is 0.743. The van der Waals surface area contributed by atoms with Crippen molar-refractivity contribution in [2.75, 3.05) is 19.4 Å². The summed E-state index contributed by atoms with van der Waals surface area (Å²) in [6.07, 6.45) is 0. The van der Waals surface area contributed by atoms with Gasteiger partial charge in [0.2, 0.25) is 0 Å². The molecule has 0 heterocycles. The molecule has 1 aromatic rings. The van der Waals surface area contributed by atoms with E-state index in [9.17, 15) is 13.2 Å². The zero-order chi connectivity index (χ0) is 13.6. The fourth-order valence-corrected chi connectivity index (χ4v) is 2.36. The molecular weight excluding hydrogens is 331 g/mol. The van der Waals surface area contributed by atoms with E-state index in [0.29, 0.717) is 13.1 Å². The number of methoxy groups -OCH3 is 1. The predicted octanol–water partition coefficient (Wildman–Crippen LogP) is 3.80. The topological polar surface area (TPSA) is 21.3 Å². The third-order valence-corrected chi connectivity index (χ3v) is 3.45. The average molecular weight is 344 g/mol. The maximum Gasteiger partial charge on any atom is 0.441 e. The van der Waals surface area contributed by atoms with Crippen LogP contribution in [0.25, 0.3) is 0 Å². The van der Waals surface area contributed by atoms with Gasteiger partial charge in [0.05, 0.1) is 11.6 Å². The molecule has 0 saturated carbocycles. The molecule has 0 bridgehead atoms. The van der Waals surface area contributed by atoms with Crippen LogP contribution >= 0.6 is 27.7 Å². The molecule has 0 atom stereocenters. The third kappa shape index (κ3) is 5.97. The first-order valence-electron chi connectivity index (χ1n) is 5.16. The summed E-state index contributed by atoms with van der Waals surface area (Å²) in [5.41, 5.74) is -3.16. The molecule has 0 aliphatic carbocycles. The molecule has 0 aliphatic rings. The van der Waals surface area contributed by atoms with E-state index in [-0.39, 0.29) is 17.5 Å². The lowest BCUT2D eigenvalue weighted by atomic mass is 10.2. The molecule has 0 unspecified atom stereocenters. The Morgan fingerprint density at radius 2 is 2.11 bits per heavy atom. The van der Waals surface area contributed by atoms with Gasteiger partial charge in [0.25, 0.3) is 0 Å². The smallest absolute Gasteiger partial charge is 0.441 e. The molecule has 18 heavy (non-hydrogen) atoms. The van der Waals surface area contributed by atoms with Crippen molar-refractivity contribution in [3.05, 3.63) is 28.2 Å². The summed E-state index contributed by atoms with van der Waals surface area (Å²) in [6.45, 7) is 0.842. The zero-order valence-electron chi connectivity index (χ0n) is 9.68. The molecule has 1 aromatic carbocycles. The second kappa shape index (κ2) is 7.25. The summed E-state index contributed by atoms with van der Waals surface area (Å²) in [7, 11) is 1.58. The minimum atomic E-state index is -4.15. The monoisotopic (exact) mass is 343 g/mol. The molecule has 1 rings (SSSR count). The van der Waals surface area contributed by atoms with E-state index >= 15 is 0 Å². The Balaban J connectivity index is 2.29. The van der Waals surface area contributed by atoms with Gasteiger partial charge in [-0.25, -0.2) is 0 Å². The number of ether oxygens (including phenoxy) is 1. The maximum atomic E-state index is 11.9. The first-order valence-corrected chi connectivity index (χ1v) is 6.94. The summed E-state index contributed by atoms with van der Waals surface area (Å²) >= 11 is 3.34. The van der Waals surface area contributed by atoms with E-state index < -0.39 is 5.51 Å². The maximum absolute atomic E-state index is 11.9. The van der Waals surface area contributed by atoms with Gasteiger partial charge in [0.15, 0.2) is 0 Å². The Hall–Kier alpha value is -0.400. The first-order chi connectivity index (χ1) is 8.42. The minimum Gasteiger partial charge on any atom is -0.496 e. The Kier molecular flexibility index (Phi) is 6.31. The molecular formula is C11H13BrF3NOS. The van der Waals surface area contributed by atoms with E-state index in [2.05, 4.69) is 21.2 Å². The SMILES string of the molecule is COc1ccc(CNCCSC(F)(F)F)cc1Br. The van der Waals surface area contributed by atoms with Gasteiger partial charge in [-0.15, -0.1) is 0 Å². The van der Waals surface area contributed by atoms with Crippen molar-refractivity contribution in [2.45, 2.75) is 12.1 Å². The number of thioether (sulfide) groups is 1. The van der Waals surface area contributed by atoms with Crippen molar-refractivity contribution in [1.82, 2.24) is 5.32 Å². The Bertz CT molecular complexity index is 387. The normalized spacial score (nSPS) is 11.6. The van der Waals surface area contributed by atoms with E-state index in [1.54, 1.807) is 7.11 Å². The lowest BCUT2D eigenvalue weighted by Gasteiger charge is -2.08. The fraction of sp³-hybridized carbons (Fsp3) is 0.455. The second-order valence-corrected chi connectivity index (χ2v) is 5.45. The van der Waals surface area contributed by atoms with Crippen LogP contribution in [0.3, 0.4) is 0 Å². The predicted molar refractivity (Wildman–Crippen MR) is 70.9 cm³/mol. The van der Waals surface area contributed by atoms with Gasteiger partial charge in [-0.3, -0.25) is 0 Å². The van der Waals surface area contributed by atoms with Crippen molar-refractivity contribution in [3.8, 4) is 5.75 Å². The van der Waals surface area contributed by atoms with Crippen LogP contribution < -0.4 is 10.1 Å². The zero-order valence-corrected chi connectivity index (χ0v) is 12.1. The standard InChI is InChI=1S/C11H13BrF3NOS/c1-17-10-3-2-8(6-9(10)12)7-16-4-5-18-11(13,14)15/h2-3,6,16H,4-5,7H2,1H3. The lowest BCUT2D eigenvalue weighted by Crippen LogP contribution is -2.18. The van der Waals surface area contributed by atoms with Crippen molar-refractivity contribution >= 4 is 27.7 Å². The summed E-state index contributed by atoms with van der Waals surface area (Å²) in [6, 6.07) is 5.56. The van der Waals surface area contributed by atoms with Crippen LogP contribution in [0.1, 0.15) is 5.56 Å². The van der Waals surface area contributed by atoms with Crippen LogP contribution in [0.2, 0.25) is 0 Å². The average Bonchev–Trinajstić information content (AvgIpc) is 2.27. The third-order valence-electron chi connectivity index (χ3n) is 2.09. The molecule has 7 heteroatoms. The summed E-state index contributed by atoms with van der Waals surface area (Å²) in [5, 5.41) is 2.96. The van der Waals surface area contributed by atoms with E-state index in [1.807, 2.05) is 18.2 Å². The van der Waals surface area contributed by atoms with Crippen LogP contribution in [-0.4, -0.2) is 24.9 Å². The quantitative estimate of drug-likeness (QED) is 0.794. The highest BCUT2D eigenvalue weighted by Gasteiger charge is 2.27. The van der Waals surface area contributed by atoms with E-state index in [1.165, 1.54) is 0 Å². The molecule has 0 aromatic heterocycles. The van der Waals surface area contributed by atoms with Crippen LogP contribution in [-0.2, 0) is 6.54 Å². The van der Waals surface area contributed by atoms with Crippen molar-refractivity contribution in [1.29, 1.82) is 0 Å². The number of hydrogen-bond acceptors (Lipinski definition) is 3. The highest BCUT2D eigenvalue weighted by Crippen LogP contribution is 2.29. The van der Waals surface area contributed by atoms with Gasteiger partial charge in [-0.1, -0.05) is 6.07 Å². The van der Waals surface area contributed by atoms with Crippen LogP contribution in [0.5, 0.6) is 5.75 Å². The molecule has 2 nitrogen and oxygen atoms in total. The van der Waals surface area contributed by atoms with E-state index in [0.717, 1.165) is 15.8 Å². The number of hydrogen-bond donors (Lipinski definition) is 1. The molecule has 0 amide bonds. The largest absolute Gasteiger partial charge is 0.496 e. The summed E-state index contributed by atoms with van der Waals surface area (Å²) in [4.78, 5) is 0. The highest BCUT2D eigenvalue weighted by molar-refractivity contribution is 9.10. The number of halogens is 4. The molecule has 0 aliphatic heterocycles. The molecule has 0 radical (unpaired) electrons. The Labute approximate surface area is 116 Å². The molecule has 0 fully saturated rings. The number of benzene rings is 1. The van der Waals surface area contributed by atoms with Crippen LogP contribution in [0.15, 0.2) is 22.7 Å². The first kappa shape index (κ1) is 15.7. The second-order valence-electron chi connectivity index (χ2n) is 3.44. The number of rotatable bonds is 6. The molecule has 102 valence electrons. The minimum absolute atomic E-state index is 0.0138. The van der Waals surface area contributed by atoms with E-state index in [4.69, 9.17) is 4.74 Å². The Morgan fingerprint density at radius 3 is 2.67 bits per heavy atom. The Morgan fingerprint density at radius 1 is 1.39 bits per heavy atom. The van der Waals surface area contributed by atoms with Gasteiger partial charge >= 0.3 is 5.51 Å². The highest BCUT2D eigenvalue weighted by atomic mass is 79.9. The van der Waals surface area contributed by atoms with Gasteiger partial charge in [0.1, 0.15) is 5.75 Å².